The molecule has 0 radical (unpaired) electrons. The number of hydrogen-bond donors (Lipinski definition) is 2. The summed E-state index contributed by atoms with van der Waals surface area (Å²) in [6.45, 7) is 8.08. The molecule has 2 heterocycles. The Morgan fingerprint density at radius 1 is 0.762 bits per heavy atom. The molecule has 3 amide bonds. The number of allylic oxidation sites excluding steroid dienone is 1. The molecule has 7 rings (SSSR count). The molecule has 2 N–H and O–H groups in total. The first-order chi connectivity index (χ1) is 30.4. The van der Waals surface area contributed by atoms with E-state index in [9.17, 15) is 19.2 Å². The number of nitrogens with one attached hydrogen (secondary N) is 2. The molecule has 1 aromatic heterocycles. The van der Waals surface area contributed by atoms with Crippen LogP contribution in [0.1, 0.15) is 40.9 Å². The minimum atomic E-state index is -0.689. The third kappa shape index (κ3) is 13.5. The van der Waals surface area contributed by atoms with Crippen molar-refractivity contribution in [1.82, 2.24) is 4.98 Å². The molecule has 0 fully saturated rings. The number of hydrogen-bond acceptors (Lipinski definition) is 8. The van der Waals surface area contributed by atoms with Gasteiger partial charge in [0.25, 0.3) is 11.8 Å². The van der Waals surface area contributed by atoms with Gasteiger partial charge in [0, 0.05) is 33.9 Å². The van der Waals surface area contributed by atoms with Gasteiger partial charge in [-0.2, -0.15) is 0 Å². The third-order valence-corrected chi connectivity index (χ3v) is 11.3. The fourth-order valence-corrected chi connectivity index (χ4v) is 7.66. The quantitative estimate of drug-likeness (QED) is 0.103. The number of carbonyl (C=O) groups excluding carboxylic acids is 4. The smallest absolute Gasteiger partial charge is 0.328 e. The van der Waals surface area contributed by atoms with Gasteiger partial charge in [-0.15, -0.1) is 11.8 Å². The molecule has 0 bridgehead atoms. The van der Waals surface area contributed by atoms with Crippen LogP contribution in [0.5, 0.6) is 0 Å². The Morgan fingerprint density at radius 2 is 1.40 bits per heavy atom. The minimum Gasteiger partial charge on any atom is -0.496 e. The van der Waals surface area contributed by atoms with Gasteiger partial charge in [-0.1, -0.05) is 120 Å². The number of aromatic nitrogens is 1. The standard InChI is InChI=1S/C20H23NO3.C18H12Cl2N2O.C12H13NO2S/c1-14-9-8-10-15(2)19(14)21(16(3)20(23)24-4)18(22)13-17-11-6-5-7-12-17;19-13-9-7-12(8-10-13)14-4-1-2-6-16(14)22-18(23)15-5-3-11-21-17(15)20;1-9-11(16-8-7-15-9)12(14)13-10-5-3-2-4-6-10/h5-12,16H,13H2,1-4H3;1-11H,(H,22,23);2-6H,7-8H2,1H3,(H,13,14)/t16-;;/m1../s1. The van der Waals surface area contributed by atoms with Crippen LogP contribution in [0.25, 0.3) is 11.1 Å². The number of carbonyl (C=O) groups is 4. The predicted molar refractivity (Wildman–Crippen MR) is 255 cm³/mol. The maximum absolute atomic E-state index is 13.0. The van der Waals surface area contributed by atoms with Gasteiger partial charge in [0.2, 0.25) is 5.91 Å². The number of nitrogens with zero attached hydrogens (tertiary/aromatic N) is 2. The van der Waals surface area contributed by atoms with Gasteiger partial charge in [0.1, 0.15) is 21.9 Å². The molecule has 0 saturated carbocycles. The summed E-state index contributed by atoms with van der Waals surface area (Å²) in [5.74, 6) is 0.590. The second-order valence-corrected chi connectivity index (χ2v) is 16.0. The summed E-state index contributed by atoms with van der Waals surface area (Å²) in [6, 6.07) is 42.4. The highest BCUT2D eigenvalue weighted by Gasteiger charge is 2.30. The van der Waals surface area contributed by atoms with Gasteiger partial charge in [0.15, 0.2) is 0 Å². The first-order valence-electron chi connectivity index (χ1n) is 20.0. The van der Waals surface area contributed by atoms with E-state index in [-0.39, 0.29) is 29.3 Å². The molecule has 10 nitrogen and oxygen atoms in total. The number of methoxy groups -OCH3 is 1. The summed E-state index contributed by atoms with van der Waals surface area (Å²) in [6.07, 6.45) is 1.77. The number of amides is 3. The molecule has 0 unspecified atom stereocenters. The molecule has 1 aliphatic heterocycles. The number of para-hydroxylation sites is 3. The van der Waals surface area contributed by atoms with Gasteiger partial charge in [-0.05, 0) is 92.4 Å². The van der Waals surface area contributed by atoms with Crippen molar-refractivity contribution in [3.63, 3.8) is 0 Å². The van der Waals surface area contributed by atoms with Gasteiger partial charge in [-0.25, -0.2) is 9.78 Å². The van der Waals surface area contributed by atoms with Crippen molar-refractivity contribution in [2.45, 2.75) is 40.2 Å². The molecule has 324 valence electrons. The molecule has 63 heavy (non-hydrogen) atoms. The van der Waals surface area contributed by atoms with Crippen molar-refractivity contribution >= 4 is 75.7 Å². The highest BCUT2D eigenvalue weighted by atomic mass is 35.5. The van der Waals surface area contributed by atoms with E-state index in [1.807, 2.05) is 148 Å². The zero-order chi connectivity index (χ0) is 45.3. The average Bonchev–Trinajstić information content (AvgIpc) is 3.29. The normalized spacial score (nSPS) is 12.2. The number of aryl methyl sites for hydroxylation is 2. The van der Waals surface area contributed by atoms with Crippen LogP contribution in [-0.4, -0.2) is 54.2 Å². The Labute approximate surface area is 382 Å². The lowest BCUT2D eigenvalue weighted by atomic mass is 10.0. The topological polar surface area (TPSA) is 127 Å². The molecule has 0 spiro atoms. The van der Waals surface area contributed by atoms with Crippen LogP contribution in [0.2, 0.25) is 10.2 Å². The molecule has 1 atom stereocenters. The lowest BCUT2D eigenvalue weighted by molar-refractivity contribution is -0.143. The SMILES string of the molecule is CC1=C(C(=O)Nc2ccccc2)SCCO1.COC(=O)[C@@H](C)N(C(=O)Cc1ccccc1)c1c(C)cccc1C.O=C(Nc1ccccc1-c1ccc(Cl)cc1)c1cccnc1Cl. The van der Waals surface area contributed by atoms with Crippen molar-refractivity contribution in [3.05, 3.63) is 189 Å². The van der Waals surface area contributed by atoms with Crippen LogP contribution in [0, 0.1) is 13.8 Å². The zero-order valence-corrected chi connectivity index (χ0v) is 37.9. The van der Waals surface area contributed by atoms with Crippen LogP contribution < -0.4 is 15.5 Å². The van der Waals surface area contributed by atoms with Gasteiger partial charge in [-0.3, -0.25) is 19.3 Å². The summed E-state index contributed by atoms with van der Waals surface area (Å²) >= 11 is 13.4. The number of esters is 1. The Morgan fingerprint density at radius 3 is 2.03 bits per heavy atom. The lowest BCUT2D eigenvalue weighted by Crippen LogP contribution is -2.45. The number of benzene rings is 5. The number of anilines is 3. The molecule has 6 aromatic rings. The maximum atomic E-state index is 13.0. The zero-order valence-electron chi connectivity index (χ0n) is 35.6. The number of rotatable bonds is 10. The molecular weight excluding hydrogens is 856 g/mol. The minimum absolute atomic E-state index is 0.0894. The van der Waals surface area contributed by atoms with E-state index in [0.717, 1.165) is 44.9 Å². The second-order valence-electron chi connectivity index (χ2n) is 14.1. The fourth-order valence-electron chi connectivity index (χ4n) is 6.51. The largest absolute Gasteiger partial charge is 0.496 e. The second kappa shape index (κ2) is 23.7. The summed E-state index contributed by atoms with van der Waals surface area (Å²) in [4.78, 5) is 55.6. The van der Waals surface area contributed by atoms with E-state index in [0.29, 0.717) is 33.5 Å². The third-order valence-electron chi connectivity index (χ3n) is 9.62. The average molecular weight is 904 g/mol. The molecule has 0 aliphatic carbocycles. The number of pyridine rings is 1. The Bertz CT molecular complexity index is 2520. The van der Waals surface area contributed by atoms with E-state index in [2.05, 4.69) is 15.6 Å². The summed E-state index contributed by atoms with van der Waals surface area (Å²) in [7, 11) is 1.34. The first kappa shape index (κ1) is 47.6. The Kier molecular flexibility index (Phi) is 17.9. The van der Waals surface area contributed by atoms with Crippen molar-refractivity contribution in [1.29, 1.82) is 0 Å². The number of ether oxygens (including phenoxy) is 2. The van der Waals surface area contributed by atoms with Gasteiger partial charge < -0.3 is 20.1 Å². The highest BCUT2D eigenvalue weighted by molar-refractivity contribution is 8.04. The van der Waals surface area contributed by atoms with Gasteiger partial charge >= 0.3 is 5.97 Å². The van der Waals surface area contributed by atoms with Gasteiger partial charge in [0.05, 0.1) is 31.4 Å². The lowest BCUT2D eigenvalue weighted by Gasteiger charge is -2.30. The molecule has 13 heteroatoms. The van der Waals surface area contributed by atoms with E-state index in [4.69, 9.17) is 32.7 Å². The Hall–Kier alpha value is -6.40. The predicted octanol–water partition coefficient (Wildman–Crippen LogP) is 11.4. The molecule has 1 aliphatic rings. The van der Waals surface area contributed by atoms with E-state index in [1.54, 1.807) is 41.9 Å². The number of halogens is 2. The fraction of sp³-hybridized carbons (Fsp3) is 0.180. The van der Waals surface area contributed by atoms with Crippen molar-refractivity contribution in [2.24, 2.45) is 0 Å². The number of thioether (sulfide) groups is 1. The van der Waals surface area contributed by atoms with E-state index in [1.165, 1.54) is 7.11 Å². The van der Waals surface area contributed by atoms with Crippen LogP contribution in [0.15, 0.2) is 156 Å². The van der Waals surface area contributed by atoms with Crippen molar-refractivity contribution in [3.8, 4) is 11.1 Å². The summed E-state index contributed by atoms with van der Waals surface area (Å²) in [5, 5.41) is 6.57. The van der Waals surface area contributed by atoms with Crippen molar-refractivity contribution in [2.75, 3.05) is 35.0 Å². The summed E-state index contributed by atoms with van der Waals surface area (Å²) in [5.41, 5.74) is 7.28. The first-order valence-corrected chi connectivity index (χ1v) is 21.7. The summed E-state index contributed by atoms with van der Waals surface area (Å²) < 4.78 is 10.2. The highest BCUT2D eigenvalue weighted by Crippen LogP contribution is 2.31. The van der Waals surface area contributed by atoms with Crippen LogP contribution >= 0.6 is 35.0 Å². The Balaban J connectivity index is 0.000000182. The van der Waals surface area contributed by atoms with Crippen molar-refractivity contribution < 1.29 is 28.7 Å². The van der Waals surface area contributed by atoms with Crippen LogP contribution in [-0.2, 0) is 30.3 Å². The van der Waals surface area contributed by atoms with E-state index < -0.39 is 12.0 Å². The molecular formula is C50H48Cl2N4O6S. The monoisotopic (exact) mass is 902 g/mol. The van der Waals surface area contributed by atoms with Crippen LogP contribution in [0.3, 0.4) is 0 Å². The molecule has 5 aromatic carbocycles. The maximum Gasteiger partial charge on any atom is 0.328 e. The van der Waals surface area contributed by atoms with E-state index >= 15 is 0 Å². The molecule has 0 saturated heterocycles. The van der Waals surface area contributed by atoms with Crippen LogP contribution in [0.4, 0.5) is 17.1 Å².